The van der Waals surface area contributed by atoms with Gasteiger partial charge in [0.05, 0.1) is 17.7 Å². The SMILES string of the molecule is COc1ccc(S(=O)(=O)N2CCCCCC2)cc1NC(=O)/C=C/c1cccc(F)c1. The summed E-state index contributed by atoms with van der Waals surface area (Å²) < 4.78 is 46.1. The Kier molecular flexibility index (Phi) is 7.23. The lowest BCUT2D eigenvalue weighted by Crippen LogP contribution is -2.32. The highest BCUT2D eigenvalue weighted by atomic mass is 32.2. The molecular formula is C22H25FN2O4S. The minimum absolute atomic E-state index is 0.106. The van der Waals surface area contributed by atoms with Crippen LogP contribution in [-0.4, -0.2) is 38.8 Å². The van der Waals surface area contributed by atoms with Crippen molar-refractivity contribution in [3.05, 3.63) is 59.9 Å². The topological polar surface area (TPSA) is 75.7 Å². The number of nitrogens with one attached hydrogen (secondary N) is 1. The van der Waals surface area contributed by atoms with Gasteiger partial charge in [0, 0.05) is 19.2 Å². The lowest BCUT2D eigenvalue weighted by molar-refractivity contribution is -0.111. The number of sulfonamides is 1. The van der Waals surface area contributed by atoms with Crippen LogP contribution in [0, 0.1) is 5.82 Å². The summed E-state index contributed by atoms with van der Waals surface area (Å²) in [5.74, 6) is -0.537. The largest absolute Gasteiger partial charge is 0.495 e. The van der Waals surface area contributed by atoms with Gasteiger partial charge >= 0.3 is 0 Å². The molecule has 0 aliphatic carbocycles. The van der Waals surface area contributed by atoms with Crippen LogP contribution in [0.15, 0.2) is 53.4 Å². The Morgan fingerprint density at radius 2 is 1.83 bits per heavy atom. The second-order valence-electron chi connectivity index (χ2n) is 7.06. The Labute approximate surface area is 176 Å². The van der Waals surface area contributed by atoms with Crippen molar-refractivity contribution in [2.24, 2.45) is 0 Å². The highest BCUT2D eigenvalue weighted by Crippen LogP contribution is 2.30. The molecule has 0 unspecified atom stereocenters. The number of rotatable bonds is 6. The van der Waals surface area contributed by atoms with Gasteiger partial charge in [-0.1, -0.05) is 25.0 Å². The van der Waals surface area contributed by atoms with Crippen molar-refractivity contribution in [2.45, 2.75) is 30.6 Å². The molecular weight excluding hydrogens is 407 g/mol. The molecule has 1 fully saturated rings. The summed E-state index contributed by atoms with van der Waals surface area (Å²) in [5, 5.41) is 2.65. The predicted octanol–water partition coefficient (Wildman–Crippen LogP) is 4.05. The predicted molar refractivity (Wildman–Crippen MR) is 114 cm³/mol. The Hall–Kier alpha value is -2.71. The summed E-state index contributed by atoms with van der Waals surface area (Å²) in [6.07, 6.45) is 6.45. The van der Waals surface area contributed by atoms with E-state index in [2.05, 4.69) is 5.32 Å². The zero-order valence-electron chi connectivity index (χ0n) is 16.8. The minimum atomic E-state index is -3.66. The van der Waals surface area contributed by atoms with Crippen LogP contribution in [0.5, 0.6) is 5.75 Å². The van der Waals surface area contributed by atoms with Gasteiger partial charge in [0.2, 0.25) is 15.9 Å². The number of amides is 1. The van der Waals surface area contributed by atoms with Gasteiger partial charge in [0.25, 0.3) is 0 Å². The van der Waals surface area contributed by atoms with E-state index in [9.17, 15) is 17.6 Å². The van der Waals surface area contributed by atoms with Crippen LogP contribution in [-0.2, 0) is 14.8 Å². The highest BCUT2D eigenvalue weighted by Gasteiger charge is 2.26. The van der Waals surface area contributed by atoms with Gasteiger partial charge in [-0.05, 0) is 54.8 Å². The van der Waals surface area contributed by atoms with Crippen LogP contribution >= 0.6 is 0 Å². The van der Waals surface area contributed by atoms with Crippen LogP contribution in [0.1, 0.15) is 31.2 Å². The smallest absolute Gasteiger partial charge is 0.248 e. The zero-order valence-corrected chi connectivity index (χ0v) is 17.6. The number of anilines is 1. The minimum Gasteiger partial charge on any atom is -0.495 e. The van der Waals surface area contributed by atoms with E-state index in [1.165, 1.54) is 53.9 Å². The molecule has 0 atom stereocenters. The molecule has 0 aromatic heterocycles. The lowest BCUT2D eigenvalue weighted by Gasteiger charge is -2.20. The molecule has 1 aliphatic heterocycles. The molecule has 30 heavy (non-hydrogen) atoms. The Balaban J connectivity index is 1.81. The van der Waals surface area contributed by atoms with Crippen molar-refractivity contribution in [3.63, 3.8) is 0 Å². The first-order valence-electron chi connectivity index (χ1n) is 9.83. The number of halogens is 1. The monoisotopic (exact) mass is 432 g/mol. The molecule has 8 heteroatoms. The molecule has 1 saturated heterocycles. The second-order valence-corrected chi connectivity index (χ2v) is 9.00. The average molecular weight is 433 g/mol. The van der Waals surface area contributed by atoms with Crippen LogP contribution in [0.3, 0.4) is 0 Å². The molecule has 0 saturated carbocycles. The fourth-order valence-corrected chi connectivity index (χ4v) is 4.88. The summed E-state index contributed by atoms with van der Waals surface area (Å²) in [6, 6.07) is 10.3. The molecule has 2 aromatic carbocycles. The Morgan fingerprint density at radius 3 is 2.50 bits per heavy atom. The van der Waals surface area contributed by atoms with E-state index in [1.807, 2.05) is 0 Å². The molecule has 1 heterocycles. The molecule has 6 nitrogen and oxygen atoms in total. The van der Waals surface area contributed by atoms with Gasteiger partial charge < -0.3 is 10.1 Å². The molecule has 1 N–H and O–H groups in total. The first kappa shape index (κ1) is 22.0. The van der Waals surface area contributed by atoms with E-state index in [-0.39, 0.29) is 10.6 Å². The molecule has 0 radical (unpaired) electrons. The molecule has 0 spiro atoms. The van der Waals surface area contributed by atoms with E-state index in [4.69, 9.17) is 4.74 Å². The van der Waals surface area contributed by atoms with Crippen molar-refractivity contribution in [1.82, 2.24) is 4.31 Å². The lowest BCUT2D eigenvalue weighted by atomic mass is 10.2. The maximum absolute atomic E-state index is 13.3. The average Bonchev–Trinajstić information content (AvgIpc) is 3.02. The third kappa shape index (κ3) is 5.46. The van der Waals surface area contributed by atoms with E-state index in [0.717, 1.165) is 25.7 Å². The van der Waals surface area contributed by atoms with Crippen molar-refractivity contribution in [2.75, 3.05) is 25.5 Å². The number of hydrogen-bond donors (Lipinski definition) is 1. The highest BCUT2D eigenvalue weighted by molar-refractivity contribution is 7.89. The summed E-state index contributed by atoms with van der Waals surface area (Å²) >= 11 is 0. The third-order valence-electron chi connectivity index (χ3n) is 4.91. The fourth-order valence-electron chi connectivity index (χ4n) is 3.33. The number of carbonyl (C=O) groups is 1. The van der Waals surface area contributed by atoms with Crippen LogP contribution in [0.4, 0.5) is 10.1 Å². The number of carbonyl (C=O) groups excluding carboxylic acids is 1. The van der Waals surface area contributed by atoms with E-state index < -0.39 is 21.7 Å². The van der Waals surface area contributed by atoms with Crippen molar-refractivity contribution >= 4 is 27.7 Å². The summed E-state index contributed by atoms with van der Waals surface area (Å²) in [5.41, 5.74) is 0.789. The third-order valence-corrected chi connectivity index (χ3v) is 6.80. The van der Waals surface area contributed by atoms with Crippen molar-refractivity contribution in [1.29, 1.82) is 0 Å². The quantitative estimate of drug-likeness (QED) is 0.699. The number of ether oxygens (including phenoxy) is 1. The standard InChI is InChI=1S/C22H25FN2O4S/c1-29-21-11-10-19(30(27,28)25-13-4-2-3-5-14-25)16-20(21)24-22(26)12-9-17-7-6-8-18(23)15-17/h6-12,15-16H,2-5,13-14H2,1H3,(H,24,26)/b12-9+. The van der Waals surface area contributed by atoms with Crippen LogP contribution < -0.4 is 10.1 Å². The van der Waals surface area contributed by atoms with Crippen LogP contribution in [0.2, 0.25) is 0 Å². The molecule has 160 valence electrons. The molecule has 3 rings (SSSR count). The number of hydrogen-bond acceptors (Lipinski definition) is 4. The Morgan fingerprint density at radius 1 is 1.10 bits per heavy atom. The Bertz CT molecular complexity index is 1030. The second kappa shape index (κ2) is 9.86. The normalized spacial score (nSPS) is 15.7. The van der Waals surface area contributed by atoms with E-state index in [1.54, 1.807) is 12.1 Å². The van der Waals surface area contributed by atoms with Gasteiger partial charge in [-0.15, -0.1) is 0 Å². The van der Waals surface area contributed by atoms with Gasteiger partial charge in [-0.3, -0.25) is 4.79 Å². The van der Waals surface area contributed by atoms with Crippen molar-refractivity contribution in [3.8, 4) is 5.75 Å². The number of benzene rings is 2. The number of methoxy groups -OCH3 is 1. The molecule has 1 amide bonds. The first-order chi connectivity index (χ1) is 14.4. The maximum atomic E-state index is 13.3. The summed E-state index contributed by atoms with van der Waals surface area (Å²) in [7, 11) is -2.22. The summed E-state index contributed by atoms with van der Waals surface area (Å²) in [6.45, 7) is 0.985. The first-order valence-corrected chi connectivity index (χ1v) is 11.3. The maximum Gasteiger partial charge on any atom is 0.248 e. The van der Waals surface area contributed by atoms with Crippen molar-refractivity contribution < 1.29 is 22.3 Å². The van der Waals surface area contributed by atoms with E-state index >= 15 is 0 Å². The molecule has 2 aromatic rings. The van der Waals surface area contributed by atoms with Gasteiger partial charge in [0.15, 0.2) is 0 Å². The van der Waals surface area contributed by atoms with E-state index in [0.29, 0.717) is 24.4 Å². The molecule has 0 bridgehead atoms. The number of nitrogens with zero attached hydrogens (tertiary/aromatic N) is 1. The van der Waals surface area contributed by atoms with Crippen LogP contribution in [0.25, 0.3) is 6.08 Å². The molecule has 1 aliphatic rings. The van der Waals surface area contributed by atoms with Gasteiger partial charge in [-0.25, -0.2) is 12.8 Å². The van der Waals surface area contributed by atoms with Gasteiger partial charge in [-0.2, -0.15) is 4.31 Å². The zero-order chi connectivity index (χ0) is 21.6. The fraction of sp³-hybridized carbons (Fsp3) is 0.318. The summed E-state index contributed by atoms with van der Waals surface area (Å²) in [4.78, 5) is 12.4. The van der Waals surface area contributed by atoms with Gasteiger partial charge in [0.1, 0.15) is 11.6 Å².